The second-order valence-corrected chi connectivity index (χ2v) is 6.78. The Bertz CT molecular complexity index is 436. The van der Waals surface area contributed by atoms with Crippen LogP contribution < -0.4 is 5.32 Å². The predicted molar refractivity (Wildman–Crippen MR) is 74.9 cm³/mol. The highest BCUT2D eigenvalue weighted by molar-refractivity contribution is 7.99. The predicted octanol–water partition coefficient (Wildman–Crippen LogP) is 2.77. The Morgan fingerprint density at radius 3 is 2.39 bits per heavy atom. The third kappa shape index (κ3) is 2.87. The molecule has 2 atom stereocenters. The standard InChI is InChI=1S/C14H19NO2S/c1-14(2,3)10-6-4-9(5-7-10)12-15-11(8-18-12)13(16)17/h4-7,11-12,15H,8H2,1-3H3,(H,16,17). The summed E-state index contributed by atoms with van der Waals surface area (Å²) in [7, 11) is 0. The molecule has 2 unspecified atom stereocenters. The van der Waals surface area contributed by atoms with Crippen molar-refractivity contribution in [2.24, 2.45) is 0 Å². The Hall–Kier alpha value is -1.00. The molecule has 0 aromatic heterocycles. The first kappa shape index (κ1) is 13.4. The second kappa shape index (κ2) is 4.94. The van der Waals surface area contributed by atoms with Crippen molar-refractivity contribution in [3.63, 3.8) is 0 Å². The van der Waals surface area contributed by atoms with Gasteiger partial charge in [-0.1, -0.05) is 45.0 Å². The number of carboxylic acid groups (broad SMARTS) is 1. The number of benzene rings is 1. The van der Waals surface area contributed by atoms with Gasteiger partial charge in [-0.25, -0.2) is 0 Å². The van der Waals surface area contributed by atoms with Crippen LogP contribution in [0.2, 0.25) is 0 Å². The van der Waals surface area contributed by atoms with Crippen molar-refractivity contribution in [2.75, 3.05) is 5.75 Å². The molecule has 18 heavy (non-hydrogen) atoms. The minimum Gasteiger partial charge on any atom is -0.480 e. The monoisotopic (exact) mass is 265 g/mol. The van der Waals surface area contributed by atoms with Crippen LogP contribution in [0.4, 0.5) is 0 Å². The third-order valence-corrected chi connectivity index (χ3v) is 4.43. The van der Waals surface area contributed by atoms with E-state index in [9.17, 15) is 4.79 Å². The van der Waals surface area contributed by atoms with Gasteiger partial charge in [-0.3, -0.25) is 10.1 Å². The number of carbonyl (C=O) groups is 1. The highest BCUT2D eigenvalue weighted by Crippen LogP contribution is 2.33. The number of thioether (sulfide) groups is 1. The smallest absolute Gasteiger partial charge is 0.321 e. The van der Waals surface area contributed by atoms with Crippen LogP contribution in [-0.4, -0.2) is 22.9 Å². The summed E-state index contributed by atoms with van der Waals surface area (Å²) in [5.74, 6) is -0.141. The van der Waals surface area contributed by atoms with Gasteiger partial charge in [0.15, 0.2) is 0 Å². The fourth-order valence-electron chi connectivity index (χ4n) is 1.96. The molecule has 1 heterocycles. The van der Waals surface area contributed by atoms with E-state index in [0.29, 0.717) is 5.75 Å². The van der Waals surface area contributed by atoms with E-state index >= 15 is 0 Å². The van der Waals surface area contributed by atoms with Crippen LogP contribution in [-0.2, 0) is 10.2 Å². The van der Waals surface area contributed by atoms with E-state index in [0.717, 1.165) is 5.56 Å². The SMILES string of the molecule is CC(C)(C)c1ccc(C2NC(C(=O)O)CS2)cc1. The Kier molecular flexibility index (Phi) is 3.69. The van der Waals surface area contributed by atoms with Crippen LogP contribution in [0, 0.1) is 0 Å². The fourth-order valence-corrected chi connectivity index (χ4v) is 3.20. The molecule has 1 fully saturated rings. The lowest BCUT2D eigenvalue weighted by atomic mass is 9.87. The van der Waals surface area contributed by atoms with E-state index in [1.165, 1.54) is 5.56 Å². The van der Waals surface area contributed by atoms with Gasteiger partial charge in [0, 0.05) is 5.75 Å². The Morgan fingerprint density at radius 1 is 1.33 bits per heavy atom. The number of nitrogens with one attached hydrogen (secondary N) is 1. The first-order valence-corrected chi connectivity index (χ1v) is 7.14. The molecule has 1 aliphatic rings. The highest BCUT2D eigenvalue weighted by Gasteiger charge is 2.30. The number of rotatable bonds is 2. The minimum atomic E-state index is -0.767. The van der Waals surface area contributed by atoms with Gasteiger partial charge in [0.1, 0.15) is 6.04 Å². The van der Waals surface area contributed by atoms with E-state index in [-0.39, 0.29) is 10.8 Å². The van der Waals surface area contributed by atoms with Gasteiger partial charge in [0.05, 0.1) is 5.37 Å². The summed E-state index contributed by atoms with van der Waals surface area (Å²) in [5.41, 5.74) is 2.60. The molecule has 4 heteroatoms. The Balaban J connectivity index is 2.10. The van der Waals surface area contributed by atoms with Gasteiger partial charge < -0.3 is 5.11 Å². The summed E-state index contributed by atoms with van der Waals surface area (Å²) in [5, 5.41) is 12.2. The van der Waals surface area contributed by atoms with Crippen LogP contribution in [0.3, 0.4) is 0 Å². The van der Waals surface area contributed by atoms with Gasteiger partial charge in [0.25, 0.3) is 0 Å². The van der Waals surface area contributed by atoms with Crippen LogP contribution >= 0.6 is 11.8 Å². The Morgan fingerprint density at radius 2 is 1.94 bits per heavy atom. The zero-order valence-electron chi connectivity index (χ0n) is 10.9. The summed E-state index contributed by atoms with van der Waals surface area (Å²) in [6, 6.07) is 8.02. The summed E-state index contributed by atoms with van der Waals surface area (Å²) in [6.45, 7) is 6.56. The van der Waals surface area contributed by atoms with Gasteiger partial charge in [-0.05, 0) is 16.5 Å². The zero-order chi connectivity index (χ0) is 13.3. The average molecular weight is 265 g/mol. The quantitative estimate of drug-likeness (QED) is 0.863. The molecule has 2 N–H and O–H groups in total. The van der Waals surface area contributed by atoms with E-state index < -0.39 is 12.0 Å². The van der Waals surface area contributed by atoms with Gasteiger partial charge in [-0.2, -0.15) is 0 Å². The molecule has 1 saturated heterocycles. The first-order valence-electron chi connectivity index (χ1n) is 6.09. The maximum absolute atomic E-state index is 10.9. The molecule has 2 rings (SSSR count). The van der Waals surface area contributed by atoms with Crippen molar-refractivity contribution in [1.82, 2.24) is 5.32 Å². The van der Waals surface area contributed by atoms with Crippen LogP contribution in [0.15, 0.2) is 24.3 Å². The average Bonchev–Trinajstić information content (AvgIpc) is 2.77. The number of aliphatic carboxylic acids is 1. The summed E-state index contributed by atoms with van der Waals surface area (Å²) in [6.07, 6.45) is 0. The van der Waals surface area contributed by atoms with E-state index in [2.05, 4.69) is 50.4 Å². The molecule has 1 aromatic rings. The molecule has 1 aromatic carbocycles. The molecular weight excluding hydrogens is 246 g/mol. The number of hydrogen-bond acceptors (Lipinski definition) is 3. The lowest BCUT2D eigenvalue weighted by Gasteiger charge is -2.20. The molecule has 98 valence electrons. The molecule has 0 saturated carbocycles. The maximum Gasteiger partial charge on any atom is 0.321 e. The van der Waals surface area contributed by atoms with Crippen LogP contribution in [0.25, 0.3) is 0 Å². The number of hydrogen-bond donors (Lipinski definition) is 2. The van der Waals surface area contributed by atoms with Crippen LogP contribution in [0.1, 0.15) is 37.3 Å². The fraction of sp³-hybridized carbons (Fsp3) is 0.500. The summed E-state index contributed by atoms with van der Waals surface area (Å²) in [4.78, 5) is 10.9. The topological polar surface area (TPSA) is 49.3 Å². The van der Waals surface area contributed by atoms with Gasteiger partial charge in [-0.15, -0.1) is 11.8 Å². The van der Waals surface area contributed by atoms with Crippen molar-refractivity contribution >= 4 is 17.7 Å². The molecule has 3 nitrogen and oxygen atoms in total. The molecule has 0 bridgehead atoms. The van der Waals surface area contributed by atoms with Crippen molar-refractivity contribution in [3.05, 3.63) is 35.4 Å². The molecule has 0 amide bonds. The van der Waals surface area contributed by atoms with Gasteiger partial charge >= 0.3 is 5.97 Å². The number of carboxylic acids is 1. The van der Waals surface area contributed by atoms with Gasteiger partial charge in [0.2, 0.25) is 0 Å². The maximum atomic E-state index is 10.9. The lowest BCUT2D eigenvalue weighted by molar-refractivity contribution is -0.138. The molecule has 1 aliphatic heterocycles. The van der Waals surface area contributed by atoms with E-state index in [1.54, 1.807) is 11.8 Å². The third-order valence-electron chi connectivity index (χ3n) is 3.16. The highest BCUT2D eigenvalue weighted by atomic mass is 32.2. The van der Waals surface area contributed by atoms with Crippen molar-refractivity contribution < 1.29 is 9.90 Å². The van der Waals surface area contributed by atoms with E-state index in [1.807, 2.05) is 0 Å². The minimum absolute atomic E-state index is 0.0973. The Labute approximate surface area is 112 Å². The molecular formula is C14H19NO2S. The molecule has 0 aliphatic carbocycles. The van der Waals surface area contributed by atoms with Crippen molar-refractivity contribution in [3.8, 4) is 0 Å². The normalized spacial score (nSPS) is 24.2. The second-order valence-electron chi connectivity index (χ2n) is 5.64. The lowest BCUT2D eigenvalue weighted by Crippen LogP contribution is -2.33. The molecule has 0 radical (unpaired) electrons. The first-order chi connectivity index (χ1) is 8.38. The van der Waals surface area contributed by atoms with Crippen LogP contribution in [0.5, 0.6) is 0 Å². The van der Waals surface area contributed by atoms with Crippen molar-refractivity contribution in [2.45, 2.75) is 37.6 Å². The summed E-state index contributed by atoms with van der Waals surface area (Å²) < 4.78 is 0. The largest absolute Gasteiger partial charge is 0.480 e. The zero-order valence-corrected chi connectivity index (χ0v) is 11.8. The van der Waals surface area contributed by atoms with Crippen molar-refractivity contribution in [1.29, 1.82) is 0 Å². The summed E-state index contributed by atoms with van der Waals surface area (Å²) >= 11 is 1.65. The van der Waals surface area contributed by atoms with E-state index in [4.69, 9.17) is 5.11 Å². The molecule has 0 spiro atoms.